The first-order valence-electron chi connectivity index (χ1n) is 8.20. The van der Waals surface area contributed by atoms with Crippen molar-refractivity contribution in [2.45, 2.75) is 18.0 Å². The van der Waals surface area contributed by atoms with Gasteiger partial charge in [-0.2, -0.15) is 13.2 Å². The number of sulfonamides is 1. The molecule has 2 N–H and O–H groups in total. The van der Waals surface area contributed by atoms with Gasteiger partial charge in [0.1, 0.15) is 22.0 Å². The molecule has 0 aliphatic heterocycles. The van der Waals surface area contributed by atoms with E-state index in [2.05, 4.69) is 10.5 Å². The van der Waals surface area contributed by atoms with E-state index in [1.807, 2.05) is 0 Å². The maximum absolute atomic E-state index is 13.8. The summed E-state index contributed by atoms with van der Waals surface area (Å²) in [5.74, 6) is -1.72. The van der Waals surface area contributed by atoms with Crippen LogP contribution in [0.3, 0.4) is 0 Å². The molecule has 3 aromatic rings. The normalized spacial score (nSPS) is 11.9. The minimum Gasteiger partial charge on any atom is -0.361 e. The third kappa shape index (κ3) is 4.43. The SMILES string of the molecule is Cc1oncc1C(=O)Nc1ccc(NS(=O)(=O)c2ccccc2F)c(C(F)(F)F)c1. The number of alkyl halides is 3. The fourth-order valence-electron chi connectivity index (χ4n) is 2.52. The lowest BCUT2D eigenvalue weighted by Crippen LogP contribution is -2.19. The van der Waals surface area contributed by atoms with Crippen LogP contribution >= 0.6 is 0 Å². The summed E-state index contributed by atoms with van der Waals surface area (Å²) in [7, 11) is -4.64. The topological polar surface area (TPSA) is 101 Å². The highest BCUT2D eigenvalue weighted by molar-refractivity contribution is 7.92. The van der Waals surface area contributed by atoms with Crippen LogP contribution in [0.5, 0.6) is 0 Å². The zero-order chi connectivity index (χ0) is 22.1. The molecular formula is C18H13F4N3O4S. The third-order valence-electron chi connectivity index (χ3n) is 3.95. The molecule has 1 aromatic heterocycles. The van der Waals surface area contributed by atoms with Crippen molar-refractivity contribution in [2.24, 2.45) is 0 Å². The highest BCUT2D eigenvalue weighted by Gasteiger charge is 2.35. The molecule has 0 unspecified atom stereocenters. The fraction of sp³-hybridized carbons (Fsp3) is 0.111. The van der Waals surface area contributed by atoms with Gasteiger partial charge in [0.25, 0.3) is 15.9 Å². The number of aryl methyl sites for hydroxylation is 1. The molecule has 1 amide bonds. The number of anilines is 2. The number of nitrogens with one attached hydrogen (secondary N) is 2. The second-order valence-electron chi connectivity index (χ2n) is 6.04. The van der Waals surface area contributed by atoms with Crippen LogP contribution in [-0.2, 0) is 16.2 Å². The summed E-state index contributed by atoms with van der Waals surface area (Å²) >= 11 is 0. The van der Waals surface area contributed by atoms with Gasteiger partial charge in [-0.25, -0.2) is 12.8 Å². The van der Waals surface area contributed by atoms with Crippen LogP contribution in [0.25, 0.3) is 0 Å². The number of benzene rings is 2. The molecule has 0 radical (unpaired) electrons. The number of hydrogen-bond donors (Lipinski definition) is 2. The molecule has 0 bridgehead atoms. The summed E-state index contributed by atoms with van der Waals surface area (Å²) < 4.78 is 85.5. The Morgan fingerprint density at radius 1 is 1.13 bits per heavy atom. The van der Waals surface area contributed by atoms with Gasteiger partial charge in [0, 0.05) is 5.69 Å². The van der Waals surface area contributed by atoms with Crippen molar-refractivity contribution in [1.29, 1.82) is 0 Å². The number of carbonyl (C=O) groups is 1. The maximum atomic E-state index is 13.8. The van der Waals surface area contributed by atoms with Crippen LogP contribution in [0.1, 0.15) is 21.7 Å². The molecule has 30 heavy (non-hydrogen) atoms. The second kappa shape index (κ2) is 7.78. The Labute approximate surface area is 167 Å². The average molecular weight is 443 g/mol. The molecule has 3 rings (SSSR count). The Hall–Kier alpha value is -3.41. The summed E-state index contributed by atoms with van der Waals surface area (Å²) in [5, 5.41) is 5.66. The van der Waals surface area contributed by atoms with Gasteiger partial charge in [-0.3, -0.25) is 9.52 Å². The first-order chi connectivity index (χ1) is 14.0. The summed E-state index contributed by atoms with van der Waals surface area (Å²) in [6.07, 6.45) is -3.87. The lowest BCUT2D eigenvalue weighted by Gasteiger charge is -2.16. The predicted molar refractivity (Wildman–Crippen MR) is 97.8 cm³/mol. The summed E-state index contributed by atoms with van der Waals surface area (Å²) in [6, 6.07) is 6.69. The average Bonchev–Trinajstić information content (AvgIpc) is 3.08. The number of nitrogens with zero attached hydrogens (tertiary/aromatic N) is 1. The smallest absolute Gasteiger partial charge is 0.361 e. The quantitative estimate of drug-likeness (QED) is 0.576. The van der Waals surface area contributed by atoms with Gasteiger partial charge < -0.3 is 9.84 Å². The monoisotopic (exact) mass is 443 g/mol. The molecule has 12 heteroatoms. The zero-order valence-corrected chi connectivity index (χ0v) is 15.9. The molecule has 7 nitrogen and oxygen atoms in total. The number of carbonyl (C=O) groups excluding carboxylic acids is 1. The van der Waals surface area contributed by atoms with Gasteiger partial charge in [-0.1, -0.05) is 17.3 Å². The van der Waals surface area contributed by atoms with E-state index in [0.29, 0.717) is 6.07 Å². The van der Waals surface area contributed by atoms with Crippen molar-refractivity contribution >= 4 is 27.3 Å². The van der Waals surface area contributed by atoms with E-state index in [-0.39, 0.29) is 17.0 Å². The fourth-order valence-corrected chi connectivity index (χ4v) is 3.68. The van der Waals surface area contributed by atoms with Crippen molar-refractivity contribution in [3.63, 3.8) is 0 Å². The molecule has 0 saturated heterocycles. The molecule has 0 spiro atoms. The van der Waals surface area contributed by atoms with Gasteiger partial charge in [0.2, 0.25) is 0 Å². The molecule has 0 aliphatic rings. The first kappa shape index (κ1) is 21.3. The molecule has 0 atom stereocenters. The Morgan fingerprint density at radius 3 is 2.43 bits per heavy atom. The van der Waals surface area contributed by atoms with Crippen molar-refractivity contribution < 1.29 is 35.3 Å². The second-order valence-corrected chi connectivity index (χ2v) is 7.69. The van der Waals surface area contributed by atoms with Crippen molar-refractivity contribution in [3.8, 4) is 0 Å². The first-order valence-corrected chi connectivity index (χ1v) is 9.68. The summed E-state index contributed by atoms with van der Waals surface area (Å²) in [6.45, 7) is 1.45. The standard InChI is InChI=1S/C18H13F4N3O4S/c1-10-12(9-23-29-10)17(26)24-11-6-7-15(13(8-11)18(20,21)22)25-30(27,28)16-5-3-2-4-14(16)19/h2-9,25H,1H3,(H,24,26). The lowest BCUT2D eigenvalue weighted by atomic mass is 10.1. The van der Waals surface area contributed by atoms with Crippen LogP contribution in [0.2, 0.25) is 0 Å². The number of rotatable bonds is 5. The summed E-state index contributed by atoms with van der Waals surface area (Å²) in [4.78, 5) is 11.3. The van der Waals surface area contributed by atoms with Gasteiger partial charge in [0.15, 0.2) is 0 Å². The number of halogens is 4. The maximum Gasteiger partial charge on any atom is 0.418 e. The van der Waals surface area contributed by atoms with Crippen molar-refractivity contribution in [3.05, 3.63) is 71.4 Å². The van der Waals surface area contributed by atoms with Gasteiger partial charge in [-0.05, 0) is 37.3 Å². The highest BCUT2D eigenvalue weighted by atomic mass is 32.2. The highest BCUT2D eigenvalue weighted by Crippen LogP contribution is 2.37. The van der Waals surface area contributed by atoms with E-state index in [9.17, 15) is 30.8 Å². The molecule has 0 saturated carbocycles. The van der Waals surface area contributed by atoms with E-state index in [1.165, 1.54) is 19.1 Å². The Bertz CT molecular complexity index is 1210. The molecule has 0 aliphatic carbocycles. The number of aromatic nitrogens is 1. The molecule has 2 aromatic carbocycles. The van der Waals surface area contributed by atoms with Crippen LogP contribution in [0.4, 0.5) is 28.9 Å². The molecule has 0 fully saturated rings. The van der Waals surface area contributed by atoms with E-state index in [1.54, 1.807) is 4.72 Å². The van der Waals surface area contributed by atoms with Crippen LogP contribution in [0, 0.1) is 12.7 Å². The minimum atomic E-state index is -4.97. The Balaban J connectivity index is 1.95. The van der Waals surface area contributed by atoms with E-state index < -0.39 is 44.1 Å². The van der Waals surface area contributed by atoms with E-state index in [0.717, 1.165) is 30.5 Å². The van der Waals surface area contributed by atoms with Gasteiger partial charge in [0.05, 0.1) is 17.4 Å². The van der Waals surface area contributed by atoms with E-state index >= 15 is 0 Å². The third-order valence-corrected chi connectivity index (χ3v) is 5.35. The Kier molecular flexibility index (Phi) is 5.53. The number of amides is 1. The van der Waals surface area contributed by atoms with Crippen molar-refractivity contribution in [1.82, 2.24) is 5.16 Å². The largest absolute Gasteiger partial charge is 0.418 e. The number of hydrogen-bond acceptors (Lipinski definition) is 5. The Morgan fingerprint density at radius 2 is 1.83 bits per heavy atom. The molecule has 1 heterocycles. The summed E-state index contributed by atoms with van der Waals surface area (Å²) in [5.41, 5.74) is -2.43. The van der Waals surface area contributed by atoms with Crippen molar-refractivity contribution in [2.75, 3.05) is 10.0 Å². The lowest BCUT2D eigenvalue weighted by molar-refractivity contribution is -0.136. The minimum absolute atomic E-state index is 0.0212. The van der Waals surface area contributed by atoms with Crippen LogP contribution < -0.4 is 10.0 Å². The zero-order valence-electron chi connectivity index (χ0n) is 15.1. The molecule has 158 valence electrons. The molecular weight excluding hydrogens is 430 g/mol. The van der Waals surface area contributed by atoms with E-state index in [4.69, 9.17) is 4.52 Å². The van der Waals surface area contributed by atoms with Gasteiger partial charge >= 0.3 is 6.18 Å². The van der Waals surface area contributed by atoms with Crippen LogP contribution in [-0.4, -0.2) is 19.5 Å². The van der Waals surface area contributed by atoms with Crippen LogP contribution in [0.15, 0.2) is 58.1 Å². The predicted octanol–water partition coefficient (Wildman–Crippen LogP) is 4.19. The van der Waals surface area contributed by atoms with Gasteiger partial charge in [-0.15, -0.1) is 0 Å².